The van der Waals surface area contributed by atoms with Crippen molar-refractivity contribution in [3.8, 4) is 11.9 Å². The number of ether oxygens (including phenoxy) is 1. The van der Waals surface area contributed by atoms with E-state index in [9.17, 15) is 14.0 Å². The number of hydrogen-bond acceptors (Lipinski definition) is 8. The summed E-state index contributed by atoms with van der Waals surface area (Å²) >= 11 is 0. The third-order valence-electron chi connectivity index (χ3n) is 4.05. The van der Waals surface area contributed by atoms with Crippen molar-refractivity contribution < 1.29 is 14.9 Å². The van der Waals surface area contributed by atoms with Gasteiger partial charge in [0.05, 0.1) is 30.5 Å². The zero-order chi connectivity index (χ0) is 21.5. The van der Waals surface area contributed by atoms with Crippen molar-refractivity contribution >= 4 is 23.7 Å². The molecule has 0 radical (unpaired) electrons. The summed E-state index contributed by atoms with van der Waals surface area (Å²) in [6, 6.07) is 9.26. The molecule has 1 aromatic carbocycles. The van der Waals surface area contributed by atoms with Gasteiger partial charge < -0.3 is 20.8 Å². The molecular formula is C19H20F2N8O. The van der Waals surface area contributed by atoms with Crippen LogP contribution >= 0.6 is 0 Å². The normalized spacial score (nSPS) is 10.5. The number of methoxy groups -OCH3 is 1. The van der Waals surface area contributed by atoms with Crippen molar-refractivity contribution in [2.75, 3.05) is 17.7 Å². The molecule has 0 amide bonds. The molecule has 156 valence electrons. The van der Waals surface area contributed by atoms with Crippen LogP contribution in [0.5, 0.6) is 5.88 Å². The first-order valence-electron chi connectivity index (χ1n) is 8.80. The van der Waals surface area contributed by atoms with Crippen molar-refractivity contribution in [2.24, 2.45) is 0 Å². The molecule has 2 aromatic heterocycles. The van der Waals surface area contributed by atoms with Crippen LogP contribution in [0.15, 0.2) is 36.7 Å². The van der Waals surface area contributed by atoms with Crippen LogP contribution in [0.1, 0.15) is 18.1 Å². The quantitative estimate of drug-likeness (QED) is 0.458. The molecule has 0 unspecified atom stereocenters. The fraction of sp³-hybridized carbons (Fsp3) is 0.211. The summed E-state index contributed by atoms with van der Waals surface area (Å²) in [4.78, 5) is 8.48. The Bertz CT molecular complexity index is 1080. The highest BCUT2D eigenvalue weighted by atomic mass is 19.3. The van der Waals surface area contributed by atoms with Gasteiger partial charge in [0.1, 0.15) is 18.1 Å². The molecule has 2 heterocycles. The Hall–Kier alpha value is -4.07. The van der Waals surface area contributed by atoms with Crippen LogP contribution in [-0.4, -0.2) is 39.5 Å². The number of nitrogens with one attached hydrogen (secondary N) is 3. The molecule has 11 heteroatoms. The Kier molecular flexibility index (Phi) is 6.49. The second kappa shape index (κ2) is 9.42. The summed E-state index contributed by atoms with van der Waals surface area (Å²) in [5.74, 6) is 0.647. The maximum atomic E-state index is 12.6. The third kappa shape index (κ3) is 4.85. The number of nitrogens with zero attached hydrogens (tertiary/aromatic N) is 5. The van der Waals surface area contributed by atoms with E-state index < -0.39 is 13.0 Å². The molecule has 0 fully saturated rings. The summed E-state index contributed by atoms with van der Waals surface area (Å²) < 4.78 is 31.4. The summed E-state index contributed by atoms with van der Waals surface area (Å²) in [6.45, 7) is -0.257. The molecule has 0 aliphatic carbocycles. The highest BCUT2D eigenvalue weighted by Crippen LogP contribution is 2.26. The molecule has 0 aliphatic heterocycles. The lowest BCUT2D eigenvalue weighted by Crippen LogP contribution is -2.08. The number of aromatic nitrogens is 4. The van der Waals surface area contributed by atoms with E-state index >= 15 is 0 Å². The molecule has 0 saturated heterocycles. The first kappa shape index (κ1) is 20.7. The van der Waals surface area contributed by atoms with Crippen LogP contribution in [0.2, 0.25) is 0 Å². The smallest absolute Gasteiger partial charge is 0.257 e. The van der Waals surface area contributed by atoms with Crippen molar-refractivity contribution in [3.63, 3.8) is 0 Å². The first-order valence-corrected chi connectivity index (χ1v) is 8.80. The van der Waals surface area contributed by atoms with Gasteiger partial charge in [-0.15, -0.1) is 5.10 Å². The van der Waals surface area contributed by atoms with Crippen LogP contribution in [0.3, 0.4) is 0 Å². The van der Waals surface area contributed by atoms with E-state index in [0.717, 1.165) is 16.5 Å². The van der Waals surface area contributed by atoms with E-state index in [2.05, 4.69) is 31.8 Å². The van der Waals surface area contributed by atoms with Gasteiger partial charge in [0.2, 0.25) is 5.95 Å². The van der Waals surface area contributed by atoms with Crippen LogP contribution in [0.4, 0.5) is 26.2 Å². The molecule has 9 nitrogen and oxygen atoms in total. The van der Waals surface area contributed by atoms with E-state index in [0.29, 0.717) is 29.2 Å². The Balaban J connectivity index is 0.00000341. The molecule has 3 rings (SSSR count). The maximum absolute atomic E-state index is 12.6. The fourth-order valence-corrected chi connectivity index (χ4v) is 2.66. The predicted octanol–water partition coefficient (Wildman–Crippen LogP) is 3.42. The first-order chi connectivity index (χ1) is 14.5. The second-order valence-corrected chi connectivity index (χ2v) is 6.05. The molecule has 0 atom stereocenters. The fourth-order valence-electron chi connectivity index (χ4n) is 2.66. The summed E-state index contributed by atoms with van der Waals surface area (Å²) in [7, 11) is 1.37. The molecule has 3 N–H and O–H groups in total. The molecular weight excluding hydrogens is 394 g/mol. The topological polar surface area (TPSA) is 125 Å². The Morgan fingerprint density at radius 2 is 2.20 bits per heavy atom. The summed E-state index contributed by atoms with van der Waals surface area (Å²) in [5, 5.41) is 26.7. The van der Waals surface area contributed by atoms with E-state index in [4.69, 9.17) is 10.1 Å². The highest BCUT2D eigenvalue weighted by Gasteiger charge is 2.15. The van der Waals surface area contributed by atoms with Gasteiger partial charge in [-0.1, -0.05) is 18.2 Å². The molecule has 0 aliphatic rings. The molecule has 0 saturated carbocycles. The molecule has 3 aromatic rings. The lowest BCUT2D eigenvalue weighted by molar-refractivity contribution is 0.121. The average molecular weight is 414 g/mol. The van der Waals surface area contributed by atoms with Crippen molar-refractivity contribution in [3.05, 3.63) is 53.3 Å². The Morgan fingerprint density at radius 3 is 2.90 bits per heavy atom. The van der Waals surface area contributed by atoms with Crippen molar-refractivity contribution in [2.45, 2.75) is 19.5 Å². The minimum absolute atomic E-state index is 0. The number of nitriles is 1. The zero-order valence-electron chi connectivity index (χ0n) is 15.9. The minimum Gasteiger partial charge on any atom is -0.478 e. The monoisotopic (exact) mass is 414 g/mol. The van der Waals surface area contributed by atoms with Crippen LogP contribution in [0, 0.1) is 16.7 Å². The number of benzene rings is 1. The Labute approximate surface area is 172 Å². The van der Waals surface area contributed by atoms with Gasteiger partial charge in [-0.2, -0.15) is 10.2 Å². The summed E-state index contributed by atoms with van der Waals surface area (Å²) in [6.07, 6.45) is 1.35. The van der Waals surface area contributed by atoms with Gasteiger partial charge in [-0.05, 0) is 11.6 Å². The van der Waals surface area contributed by atoms with Gasteiger partial charge in [-0.25, -0.2) is 13.8 Å². The lowest BCUT2D eigenvalue weighted by Gasteiger charge is -2.11. The van der Waals surface area contributed by atoms with E-state index in [1.165, 1.54) is 19.5 Å². The molecule has 30 heavy (non-hydrogen) atoms. The summed E-state index contributed by atoms with van der Waals surface area (Å²) in [5.41, 5.74) is 2.07. The average Bonchev–Trinajstić information content (AvgIpc) is 3.12. The van der Waals surface area contributed by atoms with Gasteiger partial charge in [0.25, 0.3) is 12.3 Å². The molecule has 0 bridgehead atoms. The van der Waals surface area contributed by atoms with E-state index in [1.54, 1.807) is 12.1 Å². The van der Waals surface area contributed by atoms with E-state index in [1.807, 2.05) is 12.1 Å². The van der Waals surface area contributed by atoms with Crippen molar-refractivity contribution in [1.82, 2.24) is 19.7 Å². The largest absolute Gasteiger partial charge is 0.478 e. The minimum atomic E-state index is -2.56. The van der Waals surface area contributed by atoms with Crippen LogP contribution in [0.25, 0.3) is 0 Å². The number of halogens is 2. The van der Waals surface area contributed by atoms with Crippen molar-refractivity contribution in [1.29, 1.82) is 10.7 Å². The molecule has 0 spiro atoms. The number of rotatable bonds is 9. The van der Waals surface area contributed by atoms with Gasteiger partial charge in [0, 0.05) is 20.4 Å². The van der Waals surface area contributed by atoms with Gasteiger partial charge >= 0.3 is 0 Å². The lowest BCUT2D eigenvalue weighted by atomic mass is 10.1. The van der Waals surface area contributed by atoms with Crippen LogP contribution < -0.4 is 15.4 Å². The standard InChI is InChI=1S/C19H18F2N8O.H2/c1-30-18-15(10-29(28-18)11-16(20)21)26-19-25-9-14(7-23)17(27-19)24-8-13-5-3-2-4-12(13)6-22;/h2-5,7,9-10,16,23H,8,11H2,1H3,(H2,24,25,26,27);1H. The maximum Gasteiger partial charge on any atom is 0.257 e. The number of hydrogen-bond donors (Lipinski definition) is 3. The predicted molar refractivity (Wildman–Crippen MR) is 109 cm³/mol. The second-order valence-electron chi connectivity index (χ2n) is 6.05. The zero-order valence-corrected chi connectivity index (χ0v) is 15.9. The van der Waals surface area contributed by atoms with Gasteiger partial charge in [-0.3, -0.25) is 4.68 Å². The van der Waals surface area contributed by atoms with Crippen LogP contribution in [-0.2, 0) is 13.1 Å². The number of alkyl halides is 2. The van der Waals surface area contributed by atoms with Gasteiger partial charge in [0.15, 0.2) is 0 Å². The third-order valence-corrected chi connectivity index (χ3v) is 4.05. The SMILES string of the molecule is COc1nn(CC(F)F)cc1Nc1ncc(C=N)c(NCc2ccccc2C#N)n1.[HH]. The highest BCUT2D eigenvalue weighted by molar-refractivity contribution is 5.84. The number of anilines is 3. The Morgan fingerprint density at radius 1 is 1.40 bits per heavy atom. The van der Waals surface area contributed by atoms with E-state index in [-0.39, 0.29) is 13.3 Å².